The lowest BCUT2D eigenvalue weighted by Gasteiger charge is -2.37. The highest BCUT2D eigenvalue weighted by Gasteiger charge is 2.33. The summed E-state index contributed by atoms with van der Waals surface area (Å²) < 4.78 is 5.38. The maximum absolute atomic E-state index is 12.1. The van der Waals surface area contributed by atoms with Crippen LogP contribution in [0.3, 0.4) is 0 Å². The summed E-state index contributed by atoms with van der Waals surface area (Å²) in [5.41, 5.74) is 3.06. The first-order valence-electron chi connectivity index (χ1n) is 7.90. The molecule has 1 saturated heterocycles. The van der Waals surface area contributed by atoms with Gasteiger partial charge in [0.2, 0.25) is 0 Å². The van der Waals surface area contributed by atoms with Gasteiger partial charge < -0.3 is 14.7 Å². The number of rotatable bonds is 1. The minimum atomic E-state index is -0.553. The zero-order chi connectivity index (χ0) is 16.5. The Bertz CT molecular complexity index is 528. The summed E-state index contributed by atoms with van der Waals surface area (Å²) in [6.45, 7) is 10.6. The van der Waals surface area contributed by atoms with Crippen LogP contribution < -0.4 is 0 Å². The SMILES string of the molecule is Cc1cc(C)cc([C@H]2CCN(C(=O)OC(C)(C)C)C[C@H]2O)c1. The third-order valence-electron chi connectivity index (χ3n) is 3.91. The Morgan fingerprint density at radius 3 is 2.32 bits per heavy atom. The smallest absolute Gasteiger partial charge is 0.410 e. The largest absolute Gasteiger partial charge is 0.444 e. The van der Waals surface area contributed by atoms with Crippen LogP contribution >= 0.6 is 0 Å². The molecule has 22 heavy (non-hydrogen) atoms. The molecule has 4 heteroatoms. The van der Waals surface area contributed by atoms with Crippen LogP contribution in [-0.2, 0) is 4.74 Å². The van der Waals surface area contributed by atoms with Crippen molar-refractivity contribution < 1.29 is 14.6 Å². The number of likely N-dealkylation sites (tertiary alicyclic amines) is 1. The molecule has 0 radical (unpaired) electrons. The highest BCUT2D eigenvalue weighted by atomic mass is 16.6. The molecule has 1 amide bonds. The van der Waals surface area contributed by atoms with Crippen molar-refractivity contribution >= 4 is 6.09 Å². The molecule has 0 saturated carbocycles. The highest BCUT2D eigenvalue weighted by Crippen LogP contribution is 2.30. The van der Waals surface area contributed by atoms with Crippen LogP contribution in [0.1, 0.15) is 49.8 Å². The monoisotopic (exact) mass is 305 g/mol. The van der Waals surface area contributed by atoms with Crippen LogP contribution in [-0.4, -0.2) is 40.9 Å². The van der Waals surface area contributed by atoms with Crippen molar-refractivity contribution in [3.8, 4) is 0 Å². The topological polar surface area (TPSA) is 49.8 Å². The Labute approximate surface area is 133 Å². The van der Waals surface area contributed by atoms with Crippen molar-refractivity contribution in [2.24, 2.45) is 0 Å². The zero-order valence-corrected chi connectivity index (χ0v) is 14.2. The van der Waals surface area contributed by atoms with Crippen LogP contribution in [0.2, 0.25) is 0 Å². The van der Waals surface area contributed by atoms with E-state index in [1.165, 1.54) is 11.1 Å². The first-order valence-corrected chi connectivity index (χ1v) is 7.90. The molecule has 122 valence electrons. The van der Waals surface area contributed by atoms with Crippen LogP contribution in [0.5, 0.6) is 0 Å². The van der Waals surface area contributed by atoms with E-state index >= 15 is 0 Å². The number of β-amino-alcohol motifs (C(OH)–C–C–N with tert-alkyl or cyclic N) is 1. The molecule has 0 spiro atoms. The van der Waals surface area contributed by atoms with Crippen LogP contribution in [0.4, 0.5) is 4.79 Å². The van der Waals surface area contributed by atoms with Gasteiger partial charge in [0.25, 0.3) is 0 Å². The van der Waals surface area contributed by atoms with E-state index in [1.807, 2.05) is 20.8 Å². The van der Waals surface area contributed by atoms with Crippen LogP contribution in [0.25, 0.3) is 0 Å². The second-order valence-electron chi connectivity index (χ2n) is 7.31. The molecule has 4 nitrogen and oxygen atoms in total. The molecule has 2 rings (SSSR count). The molecule has 1 aliphatic heterocycles. The number of amides is 1. The van der Waals surface area contributed by atoms with Crippen LogP contribution in [0.15, 0.2) is 18.2 Å². The highest BCUT2D eigenvalue weighted by molar-refractivity contribution is 5.68. The summed E-state index contributed by atoms with van der Waals surface area (Å²) in [6, 6.07) is 6.39. The minimum absolute atomic E-state index is 0.0808. The molecule has 1 fully saturated rings. The third kappa shape index (κ3) is 4.23. The fourth-order valence-electron chi connectivity index (χ4n) is 3.04. The predicted molar refractivity (Wildman–Crippen MR) is 87.1 cm³/mol. The fraction of sp³-hybridized carbons (Fsp3) is 0.611. The summed E-state index contributed by atoms with van der Waals surface area (Å²) >= 11 is 0. The number of aliphatic hydroxyl groups excluding tert-OH is 1. The van der Waals surface area contributed by atoms with Gasteiger partial charge in [-0.25, -0.2) is 4.79 Å². The van der Waals surface area contributed by atoms with E-state index in [4.69, 9.17) is 4.74 Å². The van der Waals surface area contributed by atoms with E-state index in [0.29, 0.717) is 13.1 Å². The van der Waals surface area contributed by atoms with Gasteiger partial charge in [0.1, 0.15) is 5.60 Å². The number of hydrogen-bond acceptors (Lipinski definition) is 3. The van der Waals surface area contributed by atoms with Gasteiger partial charge in [0.05, 0.1) is 12.6 Å². The van der Waals surface area contributed by atoms with Gasteiger partial charge in [0.15, 0.2) is 0 Å². The molecule has 2 atom stereocenters. The number of nitrogens with zero attached hydrogens (tertiary/aromatic N) is 1. The summed E-state index contributed by atoms with van der Waals surface area (Å²) in [7, 11) is 0. The molecule has 1 aromatic carbocycles. The van der Waals surface area contributed by atoms with E-state index < -0.39 is 11.7 Å². The van der Waals surface area contributed by atoms with Gasteiger partial charge in [-0.1, -0.05) is 29.3 Å². The maximum atomic E-state index is 12.1. The molecule has 1 aromatic rings. The summed E-state index contributed by atoms with van der Waals surface area (Å²) in [5, 5.41) is 10.5. The Hall–Kier alpha value is -1.55. The number of carbonyl (C=O) groups excluding carboxylic acids is 1. The predicted octanol–water partition coefficient (Wildman–Crippen LogP) is 3.39. The fourth-order valence-corrected chi connectivity index (χ4v) is 3.04. The van der Waals surface area contributed by atoms with Crippen molar-refractivity contribution in [3.05, 3.63) is 34.9 Å². The number of ether oxygens (including phenoxy) is 1. The number of carbonyl (C=O) groups is 1. The number of hydrogen-bond donors (Lipinski definition) is 1. The molecule has 1 aliphatic rings. The molecule has 0 bridgehead atoms. The van der Waals surface area contributed by atoms with E-state index in [0.717, 1.165) is 12.0 Å². The molecule has 0 aromatic heterocycles. The summed E-state index contributed by atoms with van der Waals surface area (Å²) in [4.78, 5) is 13.7. The van der Waals surface area contributed by atoms with Gasteiger partial charge >= 0.3 is 6.09 Å². The standard InChI is InChI=1S/C18H27NO3/c1-12-8-13(2)10-14(9-12)15-6-7-19(11-16(15)20)17(21)22-18(3,4)5/h8-10,15-16,20H,6-7,11H2,1-5H3/t15-,16-/m1/s1. The summed E-state index contributed by atoms with van der Waals surface area (Å²) in [6.07, 6.45) is -0.142. The molecule has 1 heterocycles. The van der Waals surface area contributed by atoms with Gasteiger partial charge in [-0.3, -0.25) is 0 Å². The third-order valence-corrected chi connectivity index (χ3v) is 3.91. The van der Waals surface area contributed by atoms with Gasteiger partial charge in [-0.15, -0.1) is 0 Å². The summed E-state index contributed by atoms with van der Waals surface area (Å²) in [5.74, 6) is 0.0808. The second kappa shape index (κ2) is 6.29. The quantitative estimate of drug-likeness (QED) is 0.865. The van der Waals surface area contributed by atoms with Crippen molar-refractivity contribution in [1.82, 2.24) is 4.90 Å². The maximum Gasteiger partial charge on any atom is 0.410 e. The second-order valence-corrected chi connectivity index (χ2v) is 7.31. The first kappa shape index (κ1) is 16.8. The normalized spacial score (nSPS) is 22.5. The molecule has 0 aliphatic carbocycles. The average molecular weight is 305 g/mol. The number of benzene rings is 1. The van der Waals surface area contributed by atoms with E-state index in [2.05, 4.69) is 32.0 Å². The van der Waals surface area contributed by atoms with Crippen molar-refractivity contribution in [1.29, 1.82) is 0 Å². The average Bonchev–Trinajstić information content (AvgIpc) is 2.35. The van der Waals surface area contributed by atoms with Crippen molar-refractivity contribution in [2.45, 2.75) is 58.7 Å². The van der Waals surface area contributed by atoms with Gasteiger partial charge in [0, 0.05) is 12.5 Å². The van der Waals surface area contributed by atoms with E-state index in [1.54, 1.807) is 4.90 Å². The lowest BCUT2D eigenvalue weighted by Crippen LogP contribution is -2.47. The molecular weight excluding hydrogens is 278 g/mol. The van der Waals surface area contributed by atoms with E-state index in [-0.39, 0.29) is 12.0 Å². The molecule has 1 N–H and O–H groups in total. The van der Waals surface area contributed by atoms with Crippen molar-refractivity contribution in [2.75, 3.05) is 13.1 Å². The Morgan fingerprint density at radius 2 is 1.82 bits per heavy atom. The molecular formula is C18H27NO3. The Morgan fingerprint density at radius 1 is 1.23 bits per heavy atom. The molecule has 0 unspecified atom stereocenters. The van der Waals surface area contributed by atoms with Gasteiger partial charge in [-0.2, -0.15) is 0 Å². The minimum Gasteiger partial charge on any atom is -0.444 e. The number of aryl methyl sites for hydroxylation is 2. The zero-order valence-electron chi connectivity index (χ0n) is 14.2. The van der Waals surface area contributed by atoms with Crippen molar-refractivity contribution in [3.63, 3.8) is 0 Å². The van der Waals surface area contributed by atoms with Gasteiger partial charge in [-0.05, 0) is 46.6 Å². The first-order chi connectivity index (χ1) is 10.2. The Balaban J connectivity index is 2.05. The number of piperidine rings is 1. The lowest BCUT2D eigenvalue weighted by molar-refractivity contribution is -0.00153. The van der Waals surface area contributed by atoms with Crippen LogP contribution in [0, 0.1) is 13.8 Å². The van der Waals surface area contributed by atoms with E-state index in [9.17, 15) is 9.90 Å². The number of aliphatic hydroxyl groups is 1. The Kier molecular flexibility index (Phi) is 4.81. The lowest BCUT2D eigenvalue weighted by atomic mass is 9.86.